The second kappa shape index (κ2) is 5.66. The molecule has 0 aliphatic carbocycles. The third-order valence-electron chi connectivity index (χ3n) is 2.49. The minimum absolute atomic E-state index is 0.377. The molecule has 0 fully saturated rings. The monoisotopic (exact) mass is 249 g/mol. The second-order valence-electron chi connectivity index (χ2n) is 4.03. The van der Waals surface area contributed by atoms with E-state index in [-0.39, 0.29) is 0 Å². The van der Waals surface area contributed by atoms with Crippen molar-refractivity contribution in [3.05, 3.63) is 53.2 Å². The molecule has 0 atom stereocenters. The molecule has 0 N–H and O–H groups in total. The summed E-state index contributed by atoms with van der Waals surface area (Å²) < 4.78 is 5.59. The molecule has 2 aromatic rings. The van der Waals surface area contributed by atoms with Gasteiger partial charge in [-0.1, -0.05) is 12.1 Å². The highest BCUT2D eigenvalue weighted by Crippen LogP contribution is 2.21. The highest BCUT2D eigenvalue weighted by Gasteiger charge is 2.03. The molecule has 0 aliphatic heterocycles. The van der Waals surface area contributed by atoms with E-state index in [1.165, 1.54) is 0 Å². The van der Waals surface area contributed by atoms with E-state index in [4.69, 9.17) is 15.3 Å². The lowest BCUT2D eigenvalue weighted by molar-refractivity contribution is 0.461. The summed E-state index contributed by atoms with van der Waals surface area (Å²) in [5, 5.41) is 17.5. The van der Waals surface area contributed by atoms with Crippen LogP contribution in [0.3, 0.4) is 0 Å². The third-order valence-corrected chi connectivity index (χ3v) is 2.49. The van der Waals surface area contributed by atoms with Crippen LogP contribution < -0.4 is 4.74 Å². The van der Waals surface area contributed by atoms with Crippen LogP contribution in [0, 0.1) is 29.6 Å². The van der Waals surface area contributed by atoms with Crippen molar-refractivity contribution in [3.63, 3.8) is 0 Å². The van der Waals surface area contributed by atoms with E-state index in [9.17, 15) is 0 Å². The molecule has 4 nitrogen and oxygen atoms in total. The Bertz CT molecular complexity index is 663. The van der Waals surface area contributed by atoms with Crippen molar-refractivity contribution in [2.24, 2.45) is 0 Å². The summed E-state index contributed by atoms with van der Waals surface area (Å²) in [6, 6.07) is 14.7. The fourth-order valence-electron chi connectivity index (χ4n) is 1.64. The summed E-state index contributed by atoms with van der Waals surface area (Å²) in [5.74, 6) is 1.02. The maximum atomic E-state index is 8.88. The Morgan fingerprint density at radius 2 is 1.89 bits per heavy atom. The van der Waals surface area contributed by atoms with Crippen LogP contribution in [0.4, 0.5) is 0 Å². The number of pyridine rings is 1. The Morgan fingerprint density at radius 3 is 2.53 bits per heavy atom. The number of nitrogens with zero attached hydrogens (tertiary/aromatic N) is 3. The number of hydrogen-bond donors (Lipinski definition) is 0. The zero-order valence-corrected chi connectivity index (χ0v) is 10.4. The van der Waals surface area contributed by atoms with Gasteiger partial charge >= 0.3 is 0 Å². The zero-order valence-electron chi connectivity index (χ0n) is 10.4. The molecular weight excluding hydrogens is 238 g/mol. The molecule has 1 aromatic heterocycles. The molecule has 1 aromatic carbocycles. The molecule has 0 unspecified atom stereocenters. The van der Waals surface area contributed by atoms with Crippen molar-refractivity contribution in [2.75, 3.05) is 0 Å². The van der Waals surface area contributed by atoms with E-state index in [1.807, 2.05) is 19.1 Å². The molecule has 92 valence electrons. The number of aryl methyl sites for hydroxylation is 1. The Kier molecular flexibility index (Phi) is 3.75. The van der Waals surface area contributed by atoms with Crippen molar-refractivity contribution in [1.29, 1.82) is 10.5 Å². The van der Waals surface area contributed by atoms with Crippen LogP contribution in [0.5, 0.6) is 11.6 Å². The molecule has 0 saturated carbocycles. The van der Waals surface area contributed by atoms with Gasteiger partial charge in [0.15, 0.2) is 0 Å². The first-order valence-corrected chi connectivity index (χ1v) is 5.74. The number of benzene rings is 1. The van der Waals surface area contributed by atoms with Crippen molar-refractivity contribution in [1.82, 2.24) is 4.98 Å². The summed E-state index contributed by atoms with van der Waals surface area (Å²) in [4.78, 5) is 4.21. The van der Waals surface area contributed by atoms with Gasteiger partial charge in [-0.05, 0) is 30.7 Å². The van der Waals surface area contributed by atoms with Crippen molar-refractivity contribution < 1.29 is 4.74 Å². The molecule has 0 spiro atoms. The van der Waals surface area contributed by atoms with Gasteiger partial charge < -0.3 is 4.74 Å². The standard InChI is InChI=1S/C15H11N3O/c1-11-8-13(10-17)9-15(18-11)19-14-4-2-12(3-5-14)6-7-16/h2-5,8-9H,6H2,1H3. The van der Waals surface area contributed by atoms with E-state index in [0.717, 1.165) is 11.3 Å². The fraction of sp³-hybridized carbons (Fsp3) is 0.133. The second-order valence-corrected chi connectivity index (χ2v) is 4.03. The van der Waals surface area contributed by atoms with E-state index in [0.29, 0.717) is 23.6 Å². The first-order valence-electron chi connectivity index (χ1n) is 5.74. The van der Waals surface area contributed by atoms with Crippen molar-refractivity contribution >= 4 is 0 Å². The number of nitriles is 2. The van der Waals surface area contributed by atoms with E-state index >= 15 is 0 Å². The lowest BCUT2D eigenvalue weighted by Gasteiger charge is -2.06. The van der Waals surface area contributed by atoms with Crippen LogP contribution in [0.2, 0.25) is 0 Å². The summed E-state index contributed by atoms with van der Waals surface area (Å²) in [5.41, 5.74) is 2.18. The molecule has 0 radical (unpaired) electrons. The quantitative estimate of drug-likeness (QED) is 0.837. The normalized spacial score (nSPS) is 9.42. The number of rotatable bonds is 3. The SMILES string of the molecule is Cc1cc(C#N)cc(Oc2ccc(CC#N)cc2)n1. The third kappa shape index (κ3) is 3.31. The maximum absolute atomic E-state index is 8.88. The molecular formula is C15H11N3O. The minimum Gasteiger partial charge on any atom is -0.439 e. The van der Waals surface area contributed by atoms with Crippen molar-refractivity contribution in [3.8, 4) is 23.8 Å². The summed E-state index contributed by atoms with van der Waals surface area (Å²) in [6.45, 7) is 1.81. The van der Waals surface area contributed by atoms with E-state index in [2.05, 4.69) is 17.1 Å². The molecule has 0 aliphatic rings. The van der Waals surface area contributed by atoms with Gasteiger partial charge in [-0.3, -0.25) is 0 Å². The molecule has 2 rings (SSSR count). The zero-order chi connectivity index (χ0) is 13.7. The Hall–Kier alpha value is -2.85. The van der Waals surface area contributed by atoms with Crippen LogP contribution in [-0.2, 0) is 6.42 Å². The maximum Gasteiger partial charge on any atom is 0.220 e. The number of hydrogen-bond acceptors (Lipinski definition) is 4. The minimum atomic E-state index is 0.377. The lowest BCUT2D eigenvalue weighted by atomic mass is 10.2. The fourth-order valence-corrected chi connectivity index (χ4v) is 1.64. The first-order chi connectivity index (χ1) is 9.21. The van der Waals surface area contributed by atoms with Gasteiger partial charge in [0, 0.05) is 11.8 Å². The van der Waals surface area contributed by atoms with Crippen molar-refractivity contribution in [2.45, 2.75) is 13.3 Å². The summed E-state index contributed by atoms with van der Waals surface area (Å²) >= 11 is 0. The summed E-state index contributed by atoms with van der Waals surface area (Å²) in [7, 11) is 0. The predicted octanol–water partition coefficient (Wildman–Crippen LogP) is 3.12. The largest absolute Gasteiger partial charge is 0.439 e. The smallest absolute Gasteiger partial charge is 0.220 e. The predicted molar refractivity (Wildman–Crippen MR) is 69.5 cm³/mol. The van der Waals surface area contributed by atoms with Gasteiger partial charge in [-0.25, -0.2) is 4.98 Å². The van der Waals surface area contributed by atoms with Crippen LogP contribution in [0.1, 0.15) is 16.8 Å². The molecule has 19 heavy (non-hydrogen) atoms. The average molecular weight is 249 g/mol. The van der Waals surface area contributed by atoms with Gasteiger partial charge in [0.1, 0.15) is 5.75 Å². The highest BCUT2D eigenvalue weighted by molar-refractivity contribution is 5.37. The van der Waals surface area contributed by atoms with E-state index in [1.54, 1.807) is 24.3 Å². The van der Waals surface area contributed by atoms with Crippen LogP contribution in [0.25, 0.3) is 0 Å². The molecule has 0 amide bonds. The Balaban J connectivity index is 2.19. The van der Waals surface area contributed by atoms with Gasteiger partial charge in [0.2, 0.25) is 5.88 Å². The van der Waals surface area contributed by atoms with Crippen LogP contribution in [0.15, 0.2) is 36.4 Å². The molecule has 0 bridgehead atoms. The molecule has 4 heteroatoms. The average Bonchev–Trinajstić information content (AvgIpc) is 2.40. The Labute approximate surface area is 111 Å². The van der Waals surface area contributed by atoms with Gasteiger partial charge in [0.05, 0.1) is 24.1 Å². The number of ether oxygens (including phenoxy) is 1. The Morgan fingerprint density at radius 1 is 1.16 bits per heavy atom. The molecule has 1 heterocycles. The lowest BCUT2D eigenvalue weighted by Crippen LogP contribution is -1.92. The first kappa shape index (κ1) is 12.6. The molecule has 0 saturated heterocycles. The van der Waals surface area contributed by atoms with E-state index < -0.39 is 0 Å². The van der Waals surface area contributed by atoms with Gasteiger partial charge in [-0.15, -0.1) is 0 Å². The van der Waals surface area contributed by atoms with Gasteiger partial charge in [0.25, 0.3) is 0 Å². The van der Waals surface area contributed by atoms with Crippen LogP contribution in [-0.4, -0.2) is 4.98 Å². The number of aromatic nitrogens is 1. The summed E-state index contributed by atoms with van der Waals surface area (Å²) in [6.07, 6.45) is 0.377. The van der Waals surface area contributed by atoms with Crippen LogP contribution >= 0.6 is 0 Å². The highest BCUT2D eigenvalue weighted by atomic mass is 16.5. The topological polar surface area (TPSA) is 69.7 Å². The van der Waals surface area contributed by atoms with Gasteiger partial charge in [-0.2, -0.15) is 10.5 Å².